The van der Waals surface area contributed by atoms with Crippen molar-refractivity contribution in [2.75, 3.05) is 19.4 Å². The molecule has 1 aromatic heterocycles. The van der Waals surface area contributed by atoms with Gasteiger partial charge in [-0.05, 0) is 60.7 Å². The third kappa shape index (κ3) is 5.73. The number of aliphatic hydroxyl groups excluding tert-OH is 2. The van der Waals surface area contributed by atoms with Crippen molar-refractivity contribution in [1.82, 2.24) is 14.5 Å². The lowest BCUT2D eigenvalue weighted by molar-refractivity contribution is -0.310. The number of anilines is 1. The van der Waals surface area contributed by atoms with Crippen LogP contribution in [-0.4, -0.2) is 87.5 Å². The smallest absolute Gasteiger partial charge is 0.351 e. The minimum absolute atomic E-state index is 0.171. The first-order valence-electron chi connectivity index (χ1n) is 11.6. The normalized spacial score (nSPS) is 34.8. The number of nitrogens with zero attached hydrogens (tertiary/aromatic N) is 3. The van der Waals surface area contributed by atoms with Crippen LogP contribution in [0, 0.1) is 0 Å². The molecular formula is C23H36N4O7. The van der Waals surface area contributed by atoms with Crippen molar-refractivity contribution in [3.63, 3.8) is 0 Å². The molecule has 8 atom stereocenters. The molecule has 0 aromatic carbocycles. The Morgan fingerprint density at radius 3 is 2.53 bits per heavy atom. The molecule has 2 aliphatic heterocycles. The van der Waals surface area contributed by atoms with Gasteiger partial charge in [-0.25, -0.2) is 4.79 Å². The van der Waals surface area contributed by atoms with Crippen molar-refractivity contribution in [3.8, 4) is 0 Å². The van der Waals surface area contributed by atoms with Crippen LogP contribution in [0.1, 0.15) is 46.8 Å². The van der Waals surface area contributed by atoms with E-state index >= 15 is 0 Å². The number of carbonyl (C=O) groups excluding carboxylic acids is 1. The number of rotatable bonds is 6. The fraction of sp³-hybridized carbons (Fsp3) is 0.696. The highest BCUT2D eigenvalue weighted by Crippen LogP contribution is 2.32. The molecular weight excluding hydrogens is 444 g/mol. The van der Waals surface area contributed by atoms with Crippen LogP contribution < -0.4 is 11.0 Å². The second kappa shape index (κ2) is 11.1. The number of aromatic nitrogens is 2. The Morgan fingerprint density at radius 2 is 1.94 bits per heavy atom. The van der Waals surface area contributed by atoms with Gasteiger partial charge >= 0.3 is 5.69 Å². The fourth-order valence-electron chi connectivity index (χ4n) is 4.40. The third-order valence-corrected chi connectivity index (χ3v) is 6.48. The number of amides is 1. The first-order chi connectivity index (χ1) is 16.0. The van der Waals surface area contributed by atoms with Crippen molar-refractivity contribution in [2.24, 2.45) is 0 Å². The van der Waals surface area contributed by atoms with E-state index in [2.05, 4.69) is 10.3 Å². The molecule has 0 spiro atoms. The number of nitrogens with one attached hydrogen (secondary N) is 1. The first-order valence-corrected chi connectivity index (χ1v) is 11.6. The summed E-state index contributed by atoms with van der Waals surface area (Å²) in [5, 5.41) is 23.7. The summed E-state index contributed by atoms with van der Waals surface area (Å²) in [6.07, 6.45) is -0.648. The molecule has 0 aliphatic carbocycles. The Hall–Kier alpha value is -2.15. The zero-order valence-electron chi connectivity index (χ0n) is 20.5. The highest BCUT2D eigenvalue weighted by atomic mass is 16.7. The first kappa shape index (κ1) is 26.5. The molecule has 3 heterocycles. The maximum atomic E-state index is 12.6. The van der Waals surface area contributed by atoms with Gasteiger partial charge in [0, 0.05) is 11.8 Å². The molecule has 3 N–H and O–H groups in total. The third-order valence-electron chi connectivity index (χ3n) is 6.48. The molecule has 2 saturated heterocycles. The number of ether oxygens (including phenoxy) is 3. The zero-order valence-corrected chi connectivity index (χ0v) is 20.5. The molecule has 8 unspecified atom stereocenters. The quantitative estimate of drug-likeness (QED) is 0.501. The van der Waals surface area contributed by atoms with E-state index in [0.29, 0.717) is 18.4 Å². The number of hydrogen-bond donors (Lipinski definition) is 3. The van der Waals surface area contributed by atoms with Crippen LogP contribution >= 0.6 is 0 Å². The van der Waals surface area contributed by atoms with E-state index in [9.17, 15) is 19.8 Å². The van der Waals surface area contributed by atoms with Crippen LogP contribution in [0.3, 0.4) is 0 Å². The molecule has 0 radical (unpaired) electrons. The van der Waals surface area contributed by atoms with Gasteiger partial charge in [0.2, 0.25) is 0 Å². The zero-order chi connectivity index (χ0) is 25.2. The Labute approximate surface area is 199 Å². The Balaban J connectivity index is 1.61. The number of hydrogen-bond acceptors (Lipinski definition) is 9. The van der Waals surface area contributed by atoms with Crippen molar-refractivity contribution < 1.29 is 29.2 Å². The van der Waals surface area contributed by atoms with Gasteiger partial charge in [0.05, 0.1) is 24.4 Å². The van der Waals surface area contributed by atoms with Crippen LogP contribution in [-0.2, 0) is 19.0 Å². The molecule has 190 valence electrons. The molecule has 2 aliphatic rings. The summed E-state index contributed by atoms with van der Waals surface area (Å²) < 4.78 is 19.3. The van der Waals surface area contributed by atoms with Gasteiger partial charge in [-0.15, -0.1) is 0 Å². The predicted octanol–water partition coefficient (Wildman–Crippen LogP) is 0.628. The van der Waals surface area contributed by atoms with Crippen LogP contribution in [0.5, 0.6) is 0 Å². The second-order valence-corrected chi connectivity index (χ2v) is 9.12. The lowest BCUT2D eigenvalue weighted by Gasteiger charge is -2.46. The van der Waals surface area contributed by atoms with Crippen LogP contribution in [0.2, 0.25) is 0 Å². The van der Waals surface area contributed by atoms with Crippen molar-refractivity contribution in [1.29, 1.82) is 0 Å². The van der Waals surface area contributed by atoms with E-state index in [1.807, 2.05) is 32.8 Å². The Bertz CT molecular complexity index is 949. The summed E-state index contributed by atoms with van der Waals surface area (Å²) in [6, 6.07) is 1.20. The number of aliphatic hydroxyl groups is 2. The minimum atomic E-state index is -1.20. The largest absolute Gasteiger partial charge is 0.388 e. The lowest BCUT2D eigenvalue weighted by atomic mass is 9.96. The molecule has 34 heavy (non-hydrogen) atoms. The summed E-state index contributed by atoms with van der Waals surface area (Å²) in [5.74, 6) is -0.150. The number of carbonyl (C=O) groups is 1. The van der Waals surface area contributed by atoms with Crippen LogP contribution in [0.25, 0.3) is 0 Å². The van der Waals surface area contributed by atoms with Gasteiger partial charge in [-0.3, -0.25) is 9.36 Å². The maximum Gasteiger partial charge on any atom is 0.351 e. The summed E-state index contributed by atoms with van der Waals surface area (Å²) in [4.78, 5) is 30.3. The molecule has 0 saturated carbocycles. The minimum Gasteiger partial charge on any atom is -0.388 e. The van der Waals surface area contributed by atoms with Gasteiger partial charge < -0.3 is 34.6 Å². The number of likely N-dealkylation sites (N-methyl/N-ethyl adjacent to an activating group) is 1. The molecule has 2 fully saturated rings. The Kier molecular flexibility index (Phi) is 8.61. The van der Waals surface area contributed by atoms with E-state index in [1.54, 1.807) is 32.2 Å². The van der Waals surface area contributed by atoms with Crippen molar-refractivity contribution in [3.05, 3.63) is 34.4 Å². The SMILES string of the molecule is C/C=C(\C)C(=O)Nc1ccn(C2CCC(OC3OC(C)C(N(C)C)C(O)C3O)C(C)O2)c(=O)n1. The highest BCUT2D eigenvalue weighted by molar-refractivity contribution is 6.02. The van der Waals surface area contributed by atoms with Crippen molar-refractivity contribution >= 4 is 11.7 Å². The predicted molar refractivity (Wildman–Crippen MR) is 124 cm³/mol. The second-order valence-electron chi connectivity index (χ2n) is 9.12. The van der Waals surface area contributed by atoms with E-state index in [-0.39, 0.29) is 23.9 Å². The van der Waals surface area contributed by atoms with Gasteiger partial charge in [-0.2, -0.15) is 4.98 Å². The lowest BCUT2D eigenvalue weighted by Crippen LogP contribution is -2.62. The summed E-state index contributed by atoms with van der Waals surface area (Å²) >= 11 is 0. The Morgan fingerprint density at radius 1 is 1.24 bits per heavy atom. The maximum absolute atomic E-state index is 12.6. The monoisotopic (exact) mass is 480 g/mol. The van der Waals surface area contributed by atoms with E-state index in [1.165, 1.54) is 4.57 Å². The van der Waals surface area contributed by atoms with Gasteiger partial charge in [0.1, 0.15) is 24.3 Å². The van der Waals surface area contributed by atoms with E-state index in [4.69, 9.17) is 14.2 Å². The van der Waals surface area contributed by atoms with Gasteiger partial charge in [0.25, 0.3) is 5.91 Å². The molecule has 3 rings (SSSR count). The van der Waals surface area contributed by atoms with Crippen molar-refractivity contribution in [2.45, 2.75) is 89.6 Å². The van der Waals surface area contributed by atoms with Gasteiger partial charge in [0.15, 0.2) is 6.29 Å². The summed E-state index contributed by atoms with van der Waals surface area (Å²) in [5.41, 5.74) is -0.0159. The average molecular weight is 481 g/mol. The average Bonchev–Trinajstić information content (AvgIpc) is 2.77. The van der Waals surface area contributed by atoms with E-state index in [0.717, 1.165) is 0 Å². The molecule has 11 heteroatoms. The molecule has 1 aromatic rings. The standard InChI is InChI=1S/C23H36N4O7/c1-7-12(2)21(30)24-16-10-11-27(23(31)25-16)17-9-8-15(13(3)32-17)34-22-20(29)19(28)18(26(5)6)14(4)33-22/h7,10-11,13-15,17-20,22,28-29H,8-9H2,1-6H3,(H,24,25,30,31)/b12-7+. The van der Waals surface area contributed by atoms with Crippen LogP contribution in [0.15, 0.2) is 28.7 Å². The summed E-state index contributed by atoms with van der Waals surface area (Å²) in [7, 11) is 3.64. The highest BCUT2D eigenvalue weighted by Gasteiger charge is 2.46. The molecule has 1 amide bonds. The summed E-state index contributed by atoms with van der Waals surface area (Å²) in [6.45, 7) is 7.08. The fourth-order valence-corrected chi connectivity index (χ4v) is 4.40. The topological polar surface area (TPSA) is 135 Å². The van der Waals surface area contributed by atoms with E-state index < -0.39 is 42.6 Å². The molecule has 0 bridgehead atoms. The van der Waals surface area contributed by atoms with Crippen LogP contribution in [0.4, 0.5) is 5.82 Å². The molecule has 11 nitrogen and oxygen atoms in total. The van der Waals surface area contributed by atoms with Gasteiger partial charge in [-0.1, -0.05) is 6.08 Å². The number of allylic oxidation sites excluding steroid dienone is 1.